The lowest BCUT2D eigenvalue weighted by molar-refractivity contribution is -0.121. The number of furan rings is 1. The molecule has 1 amide bonds. The number of amides is 1. The average Bonchev–Trinajstić information content (AvgIpc) is 3.20. The van der Waals surface area contributed by atoms with Gasteiger partial charge in [-0.1, -0.05) is 23.8 Å². The van der Waals surface area contributed by atoms with Crippen molar-refractivity contribution in [3.63, 3.8) is 0 Å². The van der Waals surface area contributed by atoms with E-state index in [4.69, 9.17) is 4.42 Å². The number of aryl methyl sites for hydroxylation is 1. The van der Waals surface area contributed by atoms with E-state index < -0.39 is 10.0 Å². The van der Waals surface area contributed by atoms with Crippen LogP contribution in [0.1, 0.15) is 11.3 Å². The second kappa shape index (κ2) is 7.35. The van der Waals surface area contributed by atoms with E-state index in [1.54, 1.807) is 30.3 Å². The molecule has 26 heavy (non-hydrogen) atoms. The monoisotopic (exact) mass is 388 g/mol. The van der Waals surface area contributed by atoms with E-state index in [2.05, 4.69) is 11.0 Å². The highest BCUT2D eigenvalue weighted by Gasteiger charge is 2.34. The van der Waals surface area contributed by atoms with Crippen LogP contribution in [-0.2, 0) is 14.8 Å². The number of benzene rings is 1. The van der Waals surface area contributed by atoms with Crippen LogP contribution in [0, 0.1) is 6.92 Å². The van der Waals surface area contributed by atoms with Crippen LogP contribution in [0.3, 0.4) is 0 Å². The molecule has 0 saturated carbocycles. The van der Waals surface area contributed by atoms with Gasteiger partial charge in [0.05, 0.1) is 16.1 Å². The first kappa shape index (κ1) is 18.2. The van der Waals surface area contributed by atoms with Gasteiger partial charge in [-0.05, 0) is 43.0 Å². The topological polar surface area (TPSA) is 80.0 Å². The molecule has 1 aliphatic heterocycles. The average molecular weight is 388 g/mol. The summed E-state index contributed by atoms with van der Waals surface area (Å²) in [6.07, 6.45) is 4.57. The van der Waals surface area contributed by atoms with Crippen molar-refractivity contribution in [1.82, 2.24) is 4.90 Å². The Morgan fingerprint density at radius 1 is 1.27 bits per heavy atom. The van der Waals surface area contributed by atoms with Crippen LogP contribution in [0.4, 0.5) is 0 Å². The second-order valence-corrected chi connectivity index (χ2v) is 8.11. The molecule has 2 aromatic rings. The van der Waals surface area contributed by atoms with E-state index in [1.807, 2.05) is 6.92 Å². The Bertz CT molecular complexity index is 988. The van der Waals surface area contributed by atoms with Crippen LogP contribution in [0.2, 0.25) is 0 Å². The zero-order chi connectivity index (χ0) is 18.7. The van der Waals surface area contributed by atoms with Crippen molar-refractivity contribution in [1.29, 1.82) is 0 Å². The van der Waals surface area contributed by atoms with Gasteiger partial charge in [0, 0.05) is 12.6 Å². The molecule has 0 spiro atoms. The quantitative estimate of drug-likeness (QED) is 0.579. The van der Waals surface area contributed by atoms with E-state index in [1.165, 1.54) is 29.4 Å². The van der Waals surface area contributed by atoms with E-state index >= 15 is 0 Å². The highest BCUT2D eigenvalue weighted by Crippen LogP contribution is 2.33. The number of amidine groups is 1. The normalized spacial score (nSPS) is 18.0. The van der Waals surface area contributed by atoms with Gasteiger partial charge in [0.1, 0.15) is 5.76 Å². The SMILES string of the molecule is C=CCN1C(=O)/C(=C/c2ccco2)SC1=NS(=O)(=O)c1ccc(C)cc1. The number of carbonyl (C=O) groups is 1. The van der Waals surface area contributed by atoms with Gasteiger partial charge in [0.2, 0.25) is 0 Å². The number of sulfonamides is 1. The first-order valence-electron chi connectivity index (χ1n) is 7.68. The summed E-state index contributed by atoms with van der Waals surface area (Å²) in [6, 6.07) is 9.79. The molecule has 6 nitrogen and oxygen atoms in total. The third kappa shape index (κ3) is 3.81. The van der Waals surface area contributed by atoms with Gasteiger partial charge in [-0.25, -0.2) is 0 Å². The maximum absolute atomic E-state index is 12.6. The van der Waals surface area contributed by atoms with Gasteiger partial charge in [-0.2, -0.15) is 8.42 Å². The van der Waals surface area contributed by atoms with Crippen LogP contribution in [0.5, 0.6) is 0 Å². The summed E-state index contributed by atoms with van der Waals surface area (Å²) in [5, 5.41) is 0.0910. The lowest BCUT2D eigenvalue weighted by atomic mass is 10.2. The van der Waals surface area contributed by atoms with Crippen LogP contribution in [0.15, 0.2) is 73.9 Å². The zero-order valence-corrected chi connectivity index (χ0v) is 15.6. The number of rotatable bonds is 5. The van der Waals surface area contributed by atoms with Crippen LogP contribution < -0.4 is 0 Å². The molecule has 2 heterocycles. The first-order chi connectivity index (χ1) is 12.4. The van der Waals surface area contributed by atoms with Crippen LogP contribution in [0.25, 0.3) is 6.08 Å². The van der Waals surface area contributed by atoms with Gasteiger partial charge in [0.15, 0.2) is 5.17 Å². The smallest absolute Gasteiger partial charge is 0.284 e. The molecule has 0 unspecified atom stereocenters. The van der Waals surface area contributed by atoms with E-state index in [0.717, 1.165) is 17.3 Å². The standard InChI is InChI=1S/C18H16N2O4S2/c1-3-10-20-17(21)16(12-14-5-4-11-24-14)25-18(20)19-26(22,23)15-8-6-13(2)7-9-15/h3-9,11-12H,1,10H2,2H3/b16-12-,19-18?. The van der Waals surface area contributed by atoms with Gasteiger partial charge >= 0.3 is 0 Å². The van der Waals surface area contributed by atoms with E-state index in [9.17, 15) is 13.2 Å². The number of carbonyl (C=O) groups excluding carboxylic acids is 1. The Morgan fingerprint density at radius 2 is 2.00 bits per heavy atom. The Kier molecular flexibility index (Phi) is 5.15. The summed E-state index contributed by atoms with van der Waals surface area (Å²) in [4.78, 5) is 14.3. The summed E-state index contributed by atoms with van der Waals surface area (Å²) in [5.41, 5.74) is 0.943. The largest absolute Gasteiger partial charge is 0.465 e. The van der Waals surface area contributed by atoms with Gasteiger partial charge in [-0.3, -0.25) is 9.69 Å². The van der Waals surface area contributed by atoms with Gasteiger partial charge < -0.3 is 4.42 Å². The molecule has 1 aliphatic rings. The lowest BCUT2D eigenvalue weighted by Crippen LogP contribution is -2.29. The van der Waals surface area contributed by atoms with E-state index in [0.29, 0.717) is 10.7 Å². The first-order valence-corrected chi connectivity index (χ1v) is 9.94. The molecule has 0 aliphatic carbocycles. The fourth-order valence-electron chi connectivity index (χ4n) is 2.23. The van der Waals surface area contributed by atoms with Crippen molar-refractivity contribution in [2.24, 2.45) is 4.40 Å². The molecule has 0 atom stereocenters. The van der Waals surface area contributed by atoms with Gasteiger partial charge in [-0.15, -0.1) is 11.0 Å². The third-order valence-corrected chi connectivity index (χ3v) is 5.94. The molecule has 1 aromatic heterocycles. The second-order valence-electron chi connectivity index (χ2n) is 5.49. The highest BCUT2D eigenvalue weighted by atomic mass is 32.2. The molecule has 8 heteroatoms. The highest BCUT2D eigenvalue weighted by molar-refractivity contribution is 8.19. The Morgan fingerprint density at radius 3 is 2.62 bits per heavy atom. The molecular weight excluding hydrogens is 372 g/mol. The van der Waals surface area contributed by atoms with Crippen molar-refractivity contribution in [3.8, 4) is 0 Å². The molecule has 0 bridgehead atoms. The summed E-state index contributed by atoms with van der Waals surface area (Å²) in [6.45, 7) is 5.64. The minimum Gasteiger partial charge on any atom is -0.465 e. The molecule has 0 radical (unpaired) electrons. The Labute approximate surface area is 156 Å². The molecular formula is C18H16N2O4S2. The maximum atomic E-state index is 12.6. The van der Waals surface area contributed by atoms with Crippen molar-refractivity contribution in [2.75, 3.05) is 6.54 Å². The number of thioether (sulfide) groups is 1. The minimum absolute atomic E-state index is 0.0747. The molecule has 1 aromatic carbocycles. The van der Waals surface area contributed by atoms with Crippen LogP contribution >= 0.6 is 11.8 Å². The molecule has 1 saturated heterocycles. The summed E-state index contributed by atoms with van der Waals surface area (Å²) < 4.78 is 34.2. The fraction of sp³-hybridized carbons (Fsp3) is 0.111. The van der Waals surface area contributed by atoms with Crippen LogP contribution in [-0.4, -0.2) is 30.9 Å². The van der Waals surface area contributed by atoms with E-state index in [-0.39, 0.29) is 22.5 Å². The zero-order valence-electron chi connectivity index (χ0n) is 14.0. The summed E-state index contributed by atoms with van der Waals surface area (Å²) >= 11 is 0.990. The molecule has 0 N–H and O–H groups in total. The number of nitrogens with zero attached hydrogens (tertiary/aromatic N) is 2. The summed E-state index contributed by atoms with van der Waals surface area (Å²) in [7, 11) is -3.93. The van der Waals surface area contributed by atoms with Crippen molar-refractivity contribution in [3.05, 3.63) is 71.5 Å². The number of hydrogen-bond donors (Lipinski definition) is 0. The lowest BCUT2D eigenvalue weighted by Gasteiger charge is -2.12. The minimum atomic E-state index is -3.93. The Balaban J connectivity index is 1.98. The number of hydrogen-bond acceptors (Lipinski definition) is 5. The van der Waals surface area contributed by atoms with Crippen molar-refractivity contribution in [2.45, 2.75) is 11.8 Å². The summed E-state index contributed by atoms with van der Waals surface area (Å²) in [5.74, 6) is 0.159. The molecule has 3 rings (SSSR count). The molecule has 1 fully saturated rings. The predicted octanol–water partition coefficient (Wildman–Crippen LogP) is 3.44. The predicted molar refractivity (Wildman–Crippen MR) is 102 cm³/mol. The third-order valence-electron chi connectivity index (χ3n) is 3.53. The molecule has 134 valence electrons. The van der Waals surface area contributed by atoms with Crippen molar-refractivity contribution < 1.29 is 17.6 Å². The maximum Gasteiger partial charge on any atom is 0.284 e. The van der Waals surface area contributed by atoms with Crippen molar-refractivity contribution >= 4 is 38.9 Å². The van der Waals surface area contributed by atoms with Gasteiger partial charge in [0.25, 0.3) is 15.9 Å². The fourth-order valence-corrected chi connectivity index (χ4v) is 4.40. The Hall–Kier alpha value is -2.58.